The Kier molecular flexibility index (Phi) is 7.69. The molecule has 7 heteroatoms. The first-order valence-corrected chi connectivity index (χ1v) is 12.3. The van der Waals surface area contributed by atoms with Gasteiger partial charge in [-0.1, -0.05) is 12.1 Å². The van der Waals surface area contributed by atoms with E-state index in [4.69, 9.17) is 0 Å². The molecule has 2 aliphatic rings. The van der Waals surface area contributed by atoms with E-state index in [0.29, 0.717) is 5.92 Å². The Morgan fingerprint density at radius 1 is 1.13 bits per heavy atom. The average molecular weight is 445 g/mol. The third-order valence-electron chi connectivity index (χ3n) is 6.54. The molecule has 0 atom stereocenters. The van der Waals surface area contributed by atoms with Crippen molar-refractivity contribution in [3.8, 4) is 0 Å². The lowest BCUT2D eigenvalue weighted by atomic mass is 9.96. The van der Waals surface area contributed by atoms with Gasteiger partial charge in [-0.15, -0.1) is 11.3 Å². The standard InChI is InChI=1S/C24H33FN4OS/c1-27(24(30)22-16-26-23(31-22)18-29-11-2-3-12-29)17-20-9-14-28(15-10-20)13-8-19-4-6-21(25)7-5-19/h4-7,16,20H,2-3,8-15,17-18H2,1H3. The Balaban J connectivity index is 1.18. The largest absolute Gasteiger partial charge is 0.341 e. The van der Waals surface area contributed by atoms with Crippen LogP contribution in [0.1, 0.15) is 45.9 Å². The second-order valence-electron chi connectivity index (χ2n) is 8.95. The summed E-state index contributed by atoms with van der Waals surface area (Å²) in [5.41, 5.74) is 1.18. The highest BCUT2D eigenvalue weighted by atomic mass is 32.1. The van der Waals surface area contributed by atoms with Crippen LogP contribution in [0.2, 0.25) is 0 Å². The first-order valence-electron chi connectivity index (χ1n) is 11.5. The summed E-state index contributed by atoms with van der Waals surface area (Å²) in [5, 5.41) is 1.05. The summed E-state index contributed by atoms with van der Waals surface area (Å²) in [4.78, 5) is 24.9. The van der Waals surface area contributed by atoms with Crippen LogP contribution in [0, 0.1) is 11.7 Å². The highest BCUT2D eigenvalue weighted by Crippen LogP contribution is 2.22. The van der Waals surface area contributed by atoms with Crippen molar-refractivity contribution < 1.29 is 9.18 Å². The summed E-state index contributed by atoms with van der Waals surface area (Å²) in [7, 11) is 1.92. The molecule has 2 fully saturated rings. The number of nitrogens with zero attached hydrogens (tertiary/aromatic N) is 4. The average Bonchev–Trinajstić information content (AvgIpc) is 3.46. The van der Waals surface area contributed by atoms with Crippen LogP contribution < -0.4 is 0 Å². The molecule has 3 heterocycles. The van der Waals surface area contributed by atoms with Gasteiger partial charge in [-0.25, -0.2) is 9.37 Å². The van der Waals surface area contributed by atoms with Crippen molar-refractivity contribution in [2.45, 2.75) is 38.6 Å². The van der Waals surface area contributed by atoms with Crippen LogP contribution in [0.15, 0.2) is 30.5 Å². The molecule has 0 unspecified atom stereocenters. The molecule has 4 rings (SSSR count). The number of carbonyl (C=O) groups is 1. The molecule has 5 nitrogen and oxygen atoms in total. The van der Waals surface area contributed by atoms with Gasteiger partial charge in [0.1, 0.15) is 15.7 Å². The number of hydrogen-bond acceptors (Lipinski definition) is 5. The van der Waals surface area contributed by atoms with E-state index in [2.05, 4.69) is 14.8 Å². The highest BCUT2D eigenvalue weighted by Gasteiger charge is 2.24. The number of amides is 1. The zero-order chi connectivity index (χ0) is 21.6. The first-order chi connectivity index (χ1) is 15.1. The quantitative estimate of drug-likeness (QED) is 0.619. The molecular weight excluding hydrogens is 411 g/mol. The molecule has 2 aliphatic heterocycles. The molecule has 31 heavy (non-hydrogen) atoms. The van der Waals surface area contributed by atoms with Crippen molar-refractivity contribution in [1.82, 2.24) is 19.7 Å². The molecule has 1 aromatic carbocycles. The fraction of sp³-hybridized carbons (Fsp3) is 0.583. The van der Waals surface area contributed by atoms with Gasteiger partial charge in [0.2, 0.25) is 0 Å². The summed E-state index contributed by atoms with van der Waals surface area (Å²) in [6.45, 7) is 7.11. The van der Waals surface area contributed by atoms with E-state index in [1.54, 1.807) is 17.5 Å². The second-order valence-corrected chi connectivity index (χ2v) is 10.1. The van der Waals surface area contributed by atoms with Gasteiger partial charge in [0.05, 0.1) is 12.7 Å². The number of piperidine rings is 1. The molecule has 0 aliphatic carbocycles. The van der Waals surface area contributed by atoms with Gasteiger partial charge in [-0.05, 0) is 81.9 Å². The van der Waals surface area contributed by atoms with E-state index in [-0.39, 0.29) is 11.7 Å². The van der Waals surface area contributed by atoms with Crippen molar-refractivity contribution in [1.29, 1.82) is 0 Å². The van der Waals surface area contributed by atoms with Gasteiger partial charge < -0.3 is 9.80 Å². The predicted octanol–water partition coefficient (Wildman–Crippen LogP) is 3.90. The second kappa shape index (κ2) is 10.7. The van der Waals surface area contributed by atoms with Crippen molar-refractivity contribution in [2.24, 2.45) is 5.92 Å². The number of thiazole rings is 1. The van der Waals surface area contributed by atoms with E-state index in [1.807, 2.05) is 24.1 Å². The topological polar surface area (TPSA) is 39.7 Å². The van der Waals surface area contributed by atoms with Crippen LogP contribution in [0.5, 0.6) is 0 Å². The molecule has 0 bridgehead atoms. The van der Waals surface area contributed by atoms with Crippen LogP contribution in [-0.4, -0.2) is 71.9 Å². The lowest BCUT2D eigenvalue weighted by Gasteiger charge is -2.33. The number of aromatic nitrogens is 1. The van der Waals surface area contributed by atoms with E-state index < -0.39 is 0 Å². The SMILES string of the molecule is CN(CC1CCN(CCc2ccc(F)cc2)CC1)C(=O)c1cnc(CN2CCCC2)s1. The van der Waals surface area contributed by atoms with Gasteiger partial charge in [0.25, 0.3) is 5.91 Å². The Morgan fingerprint density at radius 2 is 1.84 bits per heavy atom. The van der Waals surface area contributed by atoms with Crippen molar-refractivity contribution in [3.05, 3.63) is 51.7 Å². The van der Waals surface area contributed by atoms with Gasteiger partial charge in [-0.3, -0.25) is 9.69 Å². The molecule has 1 aromatic heterocycles. The van der Waals surface area contributed by atoms with Crippen molar-refractivity contribution in [3.63, 3.8) is 0 Å². The third kappa shape index (κ3) is 6.34. The molecule has 0 spiro atoms. The summed E-state index contributed by atoms with van der Waals surface area (Å²) >= 11 is 1.55. The van der Waals surface area contributed by atoms with E-state index in [0.717, 1.165) is 75.0 Å². The van der Waals surface area contributed by atoms with Crippen LogP contribution in [0.3, 0.4) is 0 Å². The Bertz CT molecular complexity index is 842. The van der Waals surface area contributed by atoms with Gasteiger partial charge in [0.15, 0.2) is 0 Å². The minimum atomic E-state index is -0.177. The fourth-order valence-corrected chi connectivity index (χ4v) is 5.56. The maximum Gasteiger partial charge on any atom is 0.265 e. The highest BCUT2D eigenvalue weighted by molar-refractivity contribution is 7.13. The monoisotopic (exact) mass is 444 g/mol. The van der Waals surface area contributed by atoms with Crippen molar-refractivity contribution in [2.75, 3.05) is 46.3 Å². The molecule has 2 aromatic rings. The predicted molar refractivity (Wildman–Crippen MR) is 123 cm³/mol. The maximum absolute atomic E-state index is 13.0. The summed E-state index contributed by atoms with van der Waals surface area (Å²) in [6.07, 6.45) is 7.48. The minimum Gasteiger partial charge on any atom is -0.341 e. The smallest absolute Gasteiger partial charge is 0.265 e. The number of rotatable bonds is 8. The summed E-state index contributed by atoms with van der Waals surface area (Å²) in [6, 6.07) is 6.82. The summed E-state index contributed by atoms with van der Waals surface area (Å²) in [5.74, 6) is 0.473. The van der Waals surface area contributed by atoms with Crippen LogP contribution in [0.25, 0.3) is 0 Å². The first kappa shape index (κ1) is 22.4. The van der Waals surface area contributed by atoms with Gasteiger partial charge >= 0.3 is 0 Å². The van der Waals surface area contributed by atoms with Crippen LogP contribution in [0.4, 0.5) is 4.39 Å². The Morgan fingerprint density at radius 3 is 2.55 bits per heavy atom. The van der Waals surface area contributed by atoms with E-state index >= 15 is 0 Å². The maximum atomic E-state index is 13.0. The molecule has 168 valence electrons. The zero-order valence-corrected chi connectivity index (χ0v) is 19.2. The minimum absolute atomic E-state index is 0.101. The number of benzene rings is 1. The zero-order valence-electron chi connectivity index (χ0n) is 18.4. The van der Waals surface area contributed by atoms with Crippen LogP contribution in [-0.2, 0) is 13.0 Å². The Labute approximate surface area is 188 Å². The molecule has 0 saturated carbocycles. The molecule has 0 radical (unpaired) electrons. The van der Waals surface area contributed by atoms with E-state index in [9.17, 15) is 9.18 Å². The van der Waals surface area contributed by atoms with Gasteiger partial charge in [-0.2, -0.15) is 0 Å². The number of carbonyl (C=O) groups excluding carboxylic acids is 1. The van der Waals surface area contributed by atoms with Crippen LogP contribution >= 0.6 is 11.3 Å². The number of hydrogen-bond donors (Lipinski definition) is 0. The number of halogens is 1. The fourth-order valence-electron chi connectivity index (χ4n) is 4.60. The van der Waals surface area contributed by atoms with Crippen molar-refractivity contribution >= 4 is 17.2 Å². The lowest BCUT2D eigenvalue weighted by molar-refractivity contribution is 0.0745. The molecule has 2 saturated heterocycles. The normalized spacial score (nSPS) is 18.5. The number of likely N-dealkylation sites (tertiary alicyclic amines) is 2. The molecule has 1 amide bonds. The van der Waals surface area contributed by atoms with Gasteiger partial charge in [0, 0.05) is 20.1 Å². The van der Waals surface area contributed by atoms with E-state index in [1.165, 1.54) is 30.5 Å². The third-order valence-corrected chi connectivity index (χ3v) is 7.51. The summed E-state index contributed by atoms with van der Waals surface area (Å²) < 4.78 is 13.0. The Hall–Kier alpha value is -1.83. The molecule has 0 N–H and O–H groups in total. The molecular formula is C24H33FN4OS. The lowest BCUT2D eigenvalue weighted by Crippen LogP contribution is -2.40.